The third-order valence-corrected chi connectivity index (χ3v) is 23.2. The Morgan fingerprint density at radius 1 is 0.255 bits per heavy atom. The quantitative estimate of drug-likeness (QED) is 0.0599. The molecular formula is C101H89N5. The van der Waals surface area contributed by atoms with Crippen molar-refractivity contribution in [2.24, 2.45) is 0 Å². The van der Waals surface area contributed by atoms with Crippen LogP contribution in [0.4, 0.5) is 0 Å². The Balaban J connectivity index is 0.702. The van der Waals surface area contributed by atoms with E-state index in [1.165, 1.54) is 193 Å². The molecule has 106 heavy (non-hydrogen) atoms. The highest BCUT2D eigenvalue weighted by molar-refractivity contribution is 6.14. The van der Waals surface area contributed by atoms with Gasteiger partial charge in [-0.25, -0.2) is 9.97 Å². The van der Waals surface area contributed by atoms with Gasteiger partial charge in [-0.1, -0.05) is 303 Å². The molecule has 0 atom stereocenters. The van der Waals surface area contributed by atoms with Gasteiger partial charge >= 0.3 is 0 Å². The molecule has 4 heterocycles. The van der Waals surface area contributed by atoms with E-state index >= 15 is 0 Å². The Labute approximate surface area is 623 Å². The second-order valence-corrected chi connectivity index (χ2v) is 30.0. The molecule has 5 heteroatoms. The van der Waals surface area contributed by atoms with Crippen LogP contribution in [-0.4, -0.2) is 23.7 Å². The molecule has 1 aliphatic carbocycles. The molecule has 13 aromatic carbocycles. The lowest BCUT2D eigenvalue weighted by atomic mass is 9.70. The van der Waals surface area contributed by atoms with Gasteiger partial charge in [-0.2, -0.15) is 0 Å². The summed E-state index contributed by atoms with van der Waals surface area (Å²) in [5.74, 6) is 0.638. The number of benzene rings is 13. The van der Waals surface area contributed by atoms with E-state index in [1.807, 2.05) is 0 Å². The Morgan fingerprint density at radius 3 is 1.17 bits per heavy atom. The van der Waals surface area contributed by atoms with Crippen molar-refractivity contribution in [1.82, 2.24) is 23.7 Å². The van der Waals surface area contributed by atoms with Crippen molar-refractivity contribution in [2.45, 2.75) is 123 Å². The summed E-state index contributed by atoms with van der Waals surface area (Å²) < 4.78 is 7.21. The summed E-state index contributed by atoms with van der Waals surface area (Å²) in [6, 6.07) is 111. The highest BCUT2D eigenvalue weighted by Crippen LogP contribution is 2.56. The third kappa shape index (κ3) is 12.1. The van der Waals surface area contributed by atoms with E-state index in [4.69, 9.17) is 9.97 Å². The van der Waals surface area contributed by atoms with Crippen LogP contribution < -0.4 is 0 Å². The molecule has 0 saturated heterocycles. The van der Waals surface area contributed by atoms with Gasteiger partial charge in [0.05, 0.1) is 44.5 Å². The van der Waals surface area contributed by atoms with Crippen LogP contribution in [0, 0.1) is 13.8 Å². The molecule has 18 rings (SSSR count). The largest absolute Gasteiger partial charge is 0.309 e. The molecule has 0 N–H and O–H groups in total. The first kappa shape index (κ1) is 66.3. The van der Waals surface area contributed by atoms with Crippen molar-refractivity contribution in [1.29, 1.82) is 0 Å². The first-order valence-corrected chi connectivity index (χ1v) is 39.0. The molecule has 0 unspecified atom stereocenters. The zero-order valence-electron chi connectivity index (χ0n) is 61.4. The van der Waals surface area contributed by atoms with E-state index in [0.29, 0.717) is 5.95 Å². The molecule has 0 saturated carbocycles. The minimum atomic E-state index is -0.0885. The number of para-hydroxylation sites is 3. The van der Waals surface area contributed by atoms with Crippen molar-refractivity contribution in [2.75, 3.05) is 0 Å². The van der Waals surface area contributed by atoms with Crippen LogP contribution in [0.25, 0.3) is 161 Å². The Hall–Kier alpha value is -11.7. The molecule has 0 fully saturated rings. The van der Waals surface area contributed by atoms with E-state index in [9.17, 15) is 0 Å². The van der Waals surface area contributed by atoms with Crippen molar-refractivity contribution in [3.05, 3.63) is 320 Å². The predicted molar refractivity (Wildman–Crippen MR) is 449 cm³/mol. The SMILES string of the molecule is CCCCCCCCC1(CCCCCCCC)c2cc(-c3ccc(-c4ccc(C)cc4)cc3)ccc2-c2ccc(-c3cc(C)cc(-n4c5ccccc5c5cc(-c6ccc7c(c6)c6ccccc6n7-c6ccc7c(c6)c6ccccc6n7-c6nc(-c7ccccc7)cc(-c7ccccc7)n6)ccc54)c3)cc21. The molecule has 0 spiro atoms. The highest BCUT2D eigenvalue weighted by atomic mass is 15.2. The fourth-order valence-corrected chi connectivity index (χ4v) is 17.8. The molecule has 0 radical (unpaired) electrons. The Bertz CT molecular complexity index is 6050. The molecular weight excluding hydrogens is 1280 g/mol. The van der Waals surface area contributed by atoms with E-state index in [0.717, 1.165) is 73.9 Å². The van der Waals surface area contributed by atoms with Gasteiger partial charge in [0.2, 0.25) is 5.95 Å². The molecule has 1 aliphatic rings. The van der Waals surface area contributed by atoms with Crippen molar-refractivity contribution >= 4 is 65.4 Å². The number of hydrogen-bond donors (Lipinski definition) is 0. The van der Waals surface area contributed by atoms with Gasteiger partial charge in [-0.3, -0.25) is 4.57 Å². The summed E-state index contributed by atoms with van der Waals surface area (Å²) >= 11 is 0. The summed E-state index contributed by atoms with van der Waals surface area (Å²) in [6.45, 7) is 9.11. The van der Waals surface area contributed by atoms with Crippen molar-refractivity contribution in [3.8, 4) is 95.5 Å². The van der Waals surface area contributed by atoms with Gasteiger partial charge in [-0.15, -0.1) is 0 Å². The van der Waals surface area contributed by atoms with Gasteiger partial charge in [-0.05, 0) is 190 Å². The highest BCUT2D eigenvalue weighted by Gasteiger charge is 2.43. The lowest BCUT2D eigenvalue weighted by Gasteiger charge is -2.33. The number of aryl methyl sites for hydroxylation is 2. The van der Waals surface area contributed by atoms with Crippen LogP contribution in [0.3, 0.4) is 0 Å². The maximum absolute atomic E-state index is 5.33. The number of hydrogen-bond acceptors (Lipinski definition) is 2. The normalized spacial score (nSPS) is 12.6. The molecule has 518 valence electrons. The van der Waals surface area contributed by atoms with Crippen molar-refractivity contribution < 1.29 is 0 Å². The summed E-state index contributed by atoms with van der Waals surface area (Å²) in [4.78, 5) is 10.7. The van der Waals surface area contributed by atoms with Crippen LogP contribution >= 0.6 is 0 Å². The third-order valence-electron chi connectivity index (χ3n) is 23.2. The van der Waals surface area contributed by atoms with Gasteiger partial charge in [0.25, 0.3) is 0 Å². The van der Waals surface area contributed by atoms with Crippen LogP contribution in [0.5, 0.6) is 0 Å². The molecule has 17 aromatic rings. The van der Waals surface area contributed by atoms with Gasteiger partial charge in [0.1, 0.15) is 0 Å². The second kappa shape index (κ2) is 28.4. The first-order valence-electron chi connectivity index (χ1n) is 39.0. The van der Waals surface area contributed by atoms with Crippen LogP contribution in [0.15, 0.2) is 297 Å². The molecule has 0 amide bonds. The zero-order chi connectivity index (χ0) is 71.2. The Kier molecular flexibility index (Phi) is 17.8. The molecule has 4 aromatic heterocycles. The molecule has 5 nitrogen and oxygen atoms in total. The standard InChI is InChI=1S/C101H89N5/c1-5-7-9-11-13-27-57-101(58-28-14-12-10-8-6-2)90-64-77(72-45-43-71(44-46-72)70-41-39-68(3)40-42-70)47-52-82(90)83-53-48-78(65-91(83)101)79-59-69(4)60-81(61-79)105-95-37-25-22-34-85(95)88-63-76(50-55-98(88)105)75-49-54-97-87(62-75)84-33-21-24-36-94(84)104(97)80-51-56-99-89(66-80)86-35-23-26-38-96(86)106(99)100-102-92(73-29-17-15-18-30-73)67-93(103-100)74-31-19-16-20-32-74/h15-26,29-56,59-67H,5-14,27-28,57-58H2,1-4H3. The first-order chi connectivity index (χ1) is 52.3. The predicted octanol–water partition coefficient (Wildman–Crippen LogP) is 28.2. The van der Waals surface area contributed by atoms with E-state index in [-0.39, 0.29) is 5.41 Å². The van der Waals surface area contributed by atoms with Crippen LogP contribution in [0.2, 0.25) is 0 Å². The van der Waals surface area contributed by atoms with Gasteiger partial charge in [0.15, 0.2) is 0 Å². The number of aromatic nitrogens is 5. The minimum Gasteiger partial charge on any atom is -0.309 e. The van der Waals surface area contributed by atoms with Crippen molar-refractivity contribution in [3.63, 3.8) is 0 Å². The minimum absolute atomic E-state index is 0.0885. The lowest BCUT2D eigenvalue weighted by Crippen LogP contribution is -2.25. The number of rotatable bonds is 23. The number of unbranched alkanes of at least 4 members (excludes halogenated alkanes) is 10. The molecule has 0 bridgehead atoms. The van der Waals surface area contributed by atoms with Gasteiger partial charge in [0, 0.05) is 60.2 Å². The smallest absolute Gasteiger partial charge is 0.235 e. The fraction of sp³-hybridized carbons (Fsp3) is 0.188. The number of nitrogens with zero attached hydrogens (tertiary/aromatic N) is 5. The second-order valence-electron chi connectivity index (χ2n) is 30.0. The summed E-state index contributed by atoms with van der Waals surface area (Å²) in [6.07, 6.45) is 17.8. The fourth-order valence-electron chi connectivity index (χ4n) is 17.8. The number of fused-ring (bicyclic) bond motifs is 12. The summed E-state index contributed by atoms with van der Waals surface area (Å²) in [5.41, 5.74) is 31.3. The maximum Gasteiger partial charge on any atom is 0.235 e. The van der Waals surface area contributed by atoms with Gasteiger partial charge < -0.3 is 9.13 Å². The van der Waals surface area contributed by atoms with Crippen LogP contribution in [-0.2, 0) is 5.41 Å². The maximum atomic E-state index is 5.33. The molecule has 0 aliphatic heterocycles. The monoisotopic (exact) mass is 1370 g/mol. The summed E-state index contributed by atoms with van der Waals surface area (Å²) in [5, 5.41) is 7.20. The zero-order valence-corrected chi connectivity index (χ0v) is 61.4. The average molecular weight is 1370 g/mol. The lowest BCUT2D eigenvalue weighted by molar-refractivity contribution is 0.398. The van der Waals surface area contributed by atoms with Crippen LogP contribution in [0.1, 0.15) is 126 Å². The Morgan fingerprint density at radius 2 is 0.642 bits per heavy atom. The van der Waals surface area contributed by atoms with E-state index in [2.05, 4.69) is 339 Å². The topological polar surface area (TPSA) is 40.6 Å². The van der Waals surface area contributed by atoms with E-state index in [1.54, 1.807) is 0 Å². The average Bonchev–Trinajstić information content (AvgIpc) is 1.58. The van der Waals surface area contributed by atoms with E-state index < -0.39 is 0 Å². The summed E-state index contributed by atoms with van der Waals surface area (Å²) in [7, 11) is 0.